The van der Waals surface area contributed by atoms with Crippen molar-refractivity contribution in [3.05, 3.63) is 47.4 Å². The second-order valence-corrected chi connectivity index (χ2v) is 6.14. The number of methoxy groups -OCH3 is 1. The first kappa shape index (κ1) is 13.7. The lowest BCUT2D eigenvalue weighted by Gasteiger charge is -2.29. The summed E-state index contributed by atoms with van der Waals surface area (Å²) >= 11 is 0. The summed E-state index contributed by atoms with van der Waals surface area (Å²) in [7, 11) is 1.35. The van der Waals surface area contributed by atoms with E-state index in [2.05, 4.69) is 31.0 Å². The average molecular weight is 285 g/mol. The molecule has 0 saturated carbocycles. The molecule has 1 unspecified atom stereocenters. The third kappa shape index (κ3) is 2.00. The van der Waals surface area contributed by atoms with Gasteiger partial charge < -0.3 is 15.0 Å². The van der Waals surface area contributed by atoms with Gasteiger partial charge in [0.15, 0.2) is 11.5 Å². The summed E-state index contributed by atoms with van der Waals surface area (Å²) < 4.78 is 6.71. The van der Waals surface area contributed by atoms with Gasteiger partial charge in [-0.25, -0.2) is 9.78 Å². The molecule has 0 radical (unpaired) electrons. The third-order valence-electron chi connectivity index (χ3n) is 4.21. The molecule has 0 bridgehead atoms. The highest BCUT2D eigenvalue weighted by Gasteiger charge is 2.41. The number of benzene rings is 1. The number of hydrogen-bond acceptors (Lipinski definition) is 4. The zero-order valence-corrected chi connectivity index (χ0v) is 12.5. The number of fused-ring (bicyclic) bond motifs is 1. The van der Waals surface area contributed by atoms with Gasteiger partial charge >= 0.3 is 5.97 Å². The van der Waals surface area contributed by atoms with Gasteiger partial charge in [-0.1, -0.05) is 38.1 Å². The number of carbonyl (C=O) groups is 1. The fraction of sp³-hybridized carbons (Fsp3) is 0.375. The highest BCUT2D eigenvalue weighted by atomic mass is 16.5. The number of nitrogens with zero attached hydrogens (tertiary/aromatic N) is 2. The number of imidazole rings is 1. The van der Waals surface area contributed by atoms with Crippen LogP contribution in [-0.2, 0) is 11.2 Å². The monoisotopic (exact) mass is 285 g/mol. The summed E-state index contributed by atoms with van der Waals surface area (Å²) in [6.45, 7) is 4.38. The van der Waals surface area contributed by atoms with Gasteiger partial charge in [0.1, 0.15) is 0 Å². The maximum absolute atomic E-state index is 12.0. The number of aromatic nitrogens is 2. The summed E-state index contributed by atoms with van der Waals surface area (Å²) in [4.78, 5) is 16.1. The Labute approximate surface area is 123 Å². The van der Waals surface area contributed by atoms with Crippen molar-refractivity contribution in [1.29, 1.82) is 0 Å². The van der Waals surface area contributed by atoms with Crippen LogP contribution in [0.25, 0.3) is 0 Å². The van der Waals surface area contributed by atoms with Gasteiger partial charge in [-0.15, -0.1) is 0 Å². The van der Waals surface area contributed by atoms with E-state index in [1.807, 2.05) is 16.7 Å². The Morgan fingerprint density at radius 2 is 2.14 bits per heavy atom. The van der Waals surface area contributed by atoms with Gasteiger partial charge in [-0.05, 0) is 23.0 Å². The van der Waals surface area contributed by atoms with Crippen LogP contribution in [0.2, 0.25) is 0 Å². The van der Waals surface area contributed by atoms with Crippen LogP contribution in [0.3, 0.4) is 0 Å². The van der Waals surface area contributed by atoms with Gasteiger partial charge in [-0.3, -0.25) is 0 Å². The number of nitrogens with two attached hydrogens (primary N) is 1. The van der Waals surface area contributed by atoms with Crippen molar-refractivity contribution < 1.29 is 9.53 Å². The van der Waals surface area contributed by atoms with Crippen LogP contribution in [-0.4, -0.2) is 22.6 Å². The van der Waals surface area contributed by atoms with Crippen LogP contribution in [0, 0.1) is 5.41 Å². The van der Waals surface area contributed by atoms with E-state index < -0.39 is 5.97 Å². The quantitative estimate of drug-likeness (QED) is 0.860. The minimum Gasteiger partial charge on any atom is -0.464 e. The molecule has 1 aromatic heterocycles. The van der Waals surface area contributed by atoms with E-state index in [-0.39, 0.29) is 17.3 Å². The number of ether oxygens (including phenoxy) is 1. The van der Waals surface area contributed by atoms with Crippen LogP contribution in [0.4, 0.5) is 5.82 Å². The number of rotatable bonds is 2. The molecule has 1 aliphatic carbocycles. The van der Waals surface area contributed by atoms with E-state index in [1.54, 1.807) is 6.33 Å². The Hall–Kier alpha value is -2.30. The number of esters is 1. The predicted octanol–water partition coefficient (Wildman–Crippen LogP) is 2.42. The average Bonchev–Trinajstić information content (AvgIpc) is 2.93. The highest BCUT2D eigenvalue weighted by Crippen LogP contribution is 2.48. The van der Waals surface area contributed by atoms with Gasteiger partial charge in [0, 0.05) is 0 Å². The minimum atomic E-state index is -0.454. The van der Waals surface area contributed by atoms with Crippen LogP contribution in [0.1, 0.15) is 41.5 Å². The van der Waals surface area contributed by atoms with Gasteiger partial charge in [0.25, 0.3) is 0 Å². The molecule has 21 heavy (non-hydrogen) atoms. The van der Waals surface area contributed by atoms with Gasteiger partial charge in [0.05, 0.1) is 19.5 Å². The third-order valence-corrected chi connectivity index (χ3v) is 4.21. The Kier molecular flexibility index (Phi) is 3.01. The summed E-state index contributed by atoms with van der Waals surface area (Å²) in [5.74, 6) is -0.243. The largest absolute Gasteiger partial charge is 0.464 e. The standard InChI is InChI=1S/C16H19N3O2/c1-16(2)8-10-6-4-5-7-11(10)13(16)19-9-18-14(17)12(19)15(20)21-3/h4-7,9,13H,8,17H2,1-3H3. The molecule has 0 amide bonds. The van der Waals surface area contributed by atoms with Crippen LogP contribution in [0.5, 0.6) is 0 Å². The van der Waals surface area contributed by atoms with Crippen molar-refractivity contribution in [2.24, 2.45) is 5.41 Å². The summed E-state index contributed by atoms with van der Waals surface area (Å²) in [6.07, 6.45) is 2.59. The van der Waals surface area contributed by atoms with E-state index in [0.29, 0.717) is 5.69 Å². The van der Waals surface area contributed by atoms with Crippen molar-refractivity contribution in [3.63, 3.8) is 0 Å². The van der Waals surface area contributed by atoms with Crippen molar-refractivity contribution in [2.75, 3.05) is 12.8 Å². The Morgan fingerprint density at radius 1 is 1.43 bits per heavy atom. The minimum absolute atomic E-state index is 0.0209. The first-order chi connectivity index (χ1) is 9.95. The molecule has 110 valence electrons. The number of hydrogen-bond donors (Lipinski definition) is 1. The molecule has 0 saturated heterocycles. The second kappa shape index (κ2) is 4.62. The lowest BCUT2D eigenvalue weighted by Crippen LogP contribution is -2.27. The normalized spacial score (nSPS) is 19.3. The fourth-order valence-corrected chi connectivity index (χ4v) is 3.37. The molecular weight excluding hydrogens is 266 g/mol. The SMILES string of the molecule is COC(=O)c1c(N)ncn1C1c2ccccc2CC1(C)C. The van der Waals surface area contributed by atoms with Crippen LogP contribution < -0.4 is 5.73 Å². The first-order valence-corrected chi connectivity index (χ1v) is 6.94. The Balaban J connectivity index is 2.18. The number of anilines is 1. The molecule has 1 atom stereocenters. The predicted molar refractivity (Wildman–Crippen MR) is 80.0 cm³/mol. The molecular formula is C16H19N3O2. The van der Waals surface area contributed by atoms with Crippen molar-refractivity contribution in [3.8, 4) is 0 Å². The molecule has 1 aliphatic rings. The van der Waals surface area contributed by atoms with Crippen molar-refractivity contribution in [2.45, 2.75) is 26.3 Å². The van der Waals surface area contributed by atoms with Gasteiger partial charge in [0.2, 0.25) is 0 Å². The second-order valence-electron chi connectivity index (χ2n) is 6.14. The fourth-order valence-electron chi connectivity index (χ4n) is 3.37. The molecule has 1 aromatic carbocycles. The first-order valence-electron chi connectivity index (χ1n) is 6.94. The molecule has 0 fully saturated rings. The summed E-state index contributed by atoms with van der Waals surface area (Å²) in [6, 6.07) is 8.32. The van der Waals surface area contributed by atoms with E-state index in [1.165, 1.54) is 18.2 Å². The lowest BCUT2D eigenvalue weighted by molar-refractivity contribution is 0.0585. The molecule has 5 heteroatoms. The Bertz CT molecular complexity index is 703. The Morgan fingerprint density at radius 3 is 2.86 bits per heavy atom. The van der Waals surface area contributed by atoms with E-state index in [9.17, 15) is 4.79 Å². The molecule has 0 spiro atoms. The van der Waals surface area contributed by atoms with E-state index in [0.717, 1.165) is 6.42 Å². The topological polar surface area (TPSA) is 70.1 Å². The van der Waals surface area contributed by atoms with Crippen molar-refractivity contribution in [1.82, 2.24) is 9.55 Å². The van der Waals surface area contributed by atoms with Crippen LogP contribution >= 0.6 is 0 Å². The maximum Gasteiger partial charge on any atom is 0.358 e. The van der Waals surface area contributed by atoms with Crippen LogP contribution in [0.15, 0.2) is 30.6 Å². The molecule has 1 heterocycles. The highest BCUT2D eigenvalue weighted by molar-refractivity contribution is 5.92. The molecule has 3 rings (SSSR count). The van der Waals surface area contributed by atoms with E-state index >= 15 is 0 Å². The maximum atomic E-state index is 12.0. The summed E-state index contributed by atoms with van der Waals surface area (Å²) in [5.41, 5.74) is 8.67. The number of nitrogen functional groups attached to an aromatic ring is 1. The molecule has 5 nitrogen and oxygen atoms in total. The zero-order valence-electron chi connectivity index (χ0n) is 12.5. The molecule has 0 aliphatic heterocycles. The smallest absolute Gasteiger partial charge is 0.358 e. The molecule has 2 N–H and O–H groups in total. The van der Waals surface area contributed by atoms with Gasteiger partial charge in [-0.2, -0.15) is 0 Å². The number of carbonyl (C=O) groups excluding carboxylic acids is 1. The van der Waals surface area contributed by atoms with Crippen molar-refractivity contribution >= 4 is 11.8 Å². The van der Waals surface area contributed by atoms with E-state index in [4.69, 9.17) is 10.5 Å². The zero-order chi connectivity index (χ0) is 15.2. The summed E-state index contributed by atoms with van der Waals surface area (Å²) in [5, 5.41) is 0. The molecule has 2 aromatic rings. The lowest BCUT2D eigenvalue weighted by atomic mass is 9.85.